The first-order chi connectivity index (χ1) is 11.0. The zero-order valence-corrected chi connectivity index (χ0v) is 13.8. The number of aromatic nitrogens is 1. The molecule has 4 nitrogen and oxygen atoms in total. The highest BCUT2D eigenvalue weighted by Gasteiger charge is 2.23. The molecule has 0 bridgehead atoms. The standard InChI is InChI=1S/C19H20N2O2/c1-11-8-15(13(3)22)19-16(9-11)17(10-20)12(2)18(21-19)14-4-6-23-7-5-14/h8-9,14H,4-7H2,1-3H3. The number of rotatable bonds is 2. The molecule has 1 fully saturated rings. The van der Waals surface area contributed by atoms with Crippen LogP contribution in [-0.4, -0.2) is 24.0 Å². The van der Waals surface area contributed by atoms with Gasteiger partial charge in [0.2, 0.25) is 0 Å². The number of hydrogen-bond donors (Lipinski definition) is 0. The van der Waals surface area contributed by atoms with Crippen molar-refractivity contribution in [1.82, 2.24) is 4.98 Å². The summed E-state index contributed by atoms with van der Waals surface area (Å²) in [6, 6.07) is 6.14. The summed E-state index contributed by atoms with van der Waals surface area (Å²) in [5, 5.41) is 10.5. The van der Waals surface area contributed by atoms with Crippen molar-refractivity contribution in [3.05, 3.63) is 40.1 Å². The molecule has 2 heterocycles. The lowest BCUT2D eigenvalue weighted by Crippen LogP contribution is -2.17. The first-order valence-electron chi connectivity index (χ1n) is 7.96. The number of hydrogen-bond acceptors (Lipinski definition) is 4. The van der Waals surface area contributed by atoms with Crippen molar-refractivity contribution in [1.29, 1.82) is 5.26 Å². The van der Waals surface area contributed by atoms with Gasteiger partial charge in [0.1, 0.15) is 6.07 Å². The van der Waals surface area contributed by atoms with E-state index in [1.54, 1.807) is 6.92 Å². The number of benzene rings is 1. The van der Waals surface area contributed by atoms with Crippen molar-refractivity contribution in [2.45, 2.75) is 39.5 Å². The van der Waals surface area contributed by atoms with Crippen LogP contribution in [0.4, 0.5) is 0 Å². The second-order valence-corrected chi connectivity index (χ2v) is 6.26. The SMILES string of the molecule is CC(=O)c1cc(C)cc2c(C#N)c(C)c(C3CCOCC3)nc12. The first kappa shape index (κ1) is 15.6. The Labute approximate surface area is 136 Å². The second kappa shape index (κ2) is 6.10. The molecule has 3 rings (SSSR count). The van der Waals surface area contributed by atoms with Crippen LogP contribution in [0, 0.1) is 25.2 Å². The van der Waals surface area contributed by atoms with Crippen molar-refractivity contribution in [3.63, 3.8) is 0 Å². The molecule has 0 amide bonds. The van der Waals surface area contributed by atoms with E-state index in [1.165, 1.54) is 0 Å². The van der Waals surface area contributed by atoms with Gasteiger partial charge in [-0.25, -0.2) is 0 Å². The van der Waals surface area contributed by atoms with E-state index in [0.29, 0.717) is 22.6 Å². The van der Waals surface area contributed by atoms with Crippen molar-refractivity contribution < 1.29 is 9.53 Å². The maximum absolute atomic E-state index is 12.0. The van der Waals surface area contributed by atoms with Crippen LogP contribution in [0.15, 0.2) is 12.1 Å². The summed E-state index contributed by atoms with van der Waals surface area (Å²) in [6.07, 6.45) is 1.82. The van der Waals surface area contributed by atoms with E-state index < -0.39 is 0 Å². The van der Waals surface area contributed by atoms with E-state index in [1.807, 2.05) is 26.0 Å². The van der Waals surface area contributed by atoms with Crippen LogP contribution in [0.25, 0.3) is 10.9 Å². The zero-order valence-electron chi connectivity index (χ0n) is 13.8. The monoisotopic (exact) mass is 308 g/mol. The van der Waals surface area contributed by atoms with E-state index in [2.05, 4.69) is 6.07 Å². The van der Waals surface area contributed by atoms with Crippen molar-refractivity contribution in [3.8, 4) is 6.07 Å². The minimum absolute atomic E-state index is 0.0168. The van der Waals surface area contributed by atoms with Gasteiger partial charge >= 0.3 is 0 Å². The molecular formula is C19H20N2O2. The lowest BCUT2D eigenvalue weighted by Gasteiger charge is -2.24. The van der Waals surface area contributed by atoms with E-state index >= 15 is 0 Å². The van der Waals surface area contributed by atoms with E-state index in [-0.39, 0.29) is 5.78 Å². The number of carbonyl (C=O) groups is 1. The fourth-order valence-corrected chi connectivity index (χ4v) is 3.41. The fourth-order valence-electron chi connectivity index (χ4n) is 3.41. The molecule has 1 saturated heterocycles. The number of aryl methyl sites for hydroxylation is 1. The second-order valence-electron chi connectivity index (χ2n) is 6.26. The Hall–Kier alpha value is -2.25. The third-order valence-electron chi connectivity index (χ3n) is 4.61. The van der Waals surface area contributed by atoms with Gasteiger partial charge in [-0.05, 0) is 56.9 Å². The third kappa shape index (κ3) is 2.73. The molecule has 0 radical (unpaired) electrons. The van der Waals surface area contributed by atoms with Crippen LogP contribution >= 0.6 is 0 Å². The maximum atomic E-state index is 12.0. The minimum Gasteiger partial charge on any atom is -0.381 e. The number of nitrogens with zero attached hydrogens (tertiary/aromatic N) is 2. The van der Waals surface area contributed by atoms with Crippen LogP contribution in [-0.2, 0) is 4.74 Å². The summed E-state index contributed by atoms with van der Waals surface area (Å²) >= 11 is 0. The first-order valence-corrected chi connectivity index (χ1v) is 7.96. The molecule has 0 atom stereocenters. The minimum atomic E-state index is -0.0168. The molecule has 4 heteroatoms. The van der Waals surface area contributed by atoms with Crippen molar-refractivity contribution in [2.75, 3.05) is 13.2 Å². The highest BCUT2D eigenvalue weighted by Crippen LogP contribution is 2.33. The number of pyridine rings is 1. The smallest absolute Gasteiger partial charge is 0.162 e. The quantitative estimate of drug-likeness (QED) is 0.791. The molecule has 0 spiro atoms. The van der Waals surface area contributed by atoms with Crippen LogP contribution in [0.1, 0.15) is 58.4 Å². The predicted octanol–water partition coefficient (Wildman–Crippen LogP) is 3.82. The van der Waals surface area contributed by atoms with Crippen molar-refractivity contribution in [2.24, 2.45) is 0 Å². The average Bonchev–Trinajstić information content (AvgIpc) is 2.54. The van der Waals surface area contributed by atoms with Crippen LogP contribution in [0.3, 0.4) is 0 Å². The number of ether oxygens (including phenoxy) is 1. The van der Waals surface area contributed by atoms with Gasteiger partial charge in [-0.15, -0.1) is 0 Å². The summed E-state index contributed by atoms with van der Waals surface area (Å²) in [7, 11) is 0. The molecule has 118 valence electrons. The molecule has 1 aliphatic heterocycles. The largest absolute Gasteiger partial charge is 0.381 e. The zero-order chi connectivity index (χ0) is 16.6. The molecule has 0 aliphatic carbocycles. The number of Topliss-reactive ketones (excluding diaryl/α,β-unsaturated/α-hetero) is 1. The summed E-state index contributed by atoms with van der Waals surface area (Å²) in [4.78, 5) is 16.9. The Morgan fingerprint density at radius 3 is 2.61 bits per heavy atom. The number of ketones is 1. The van der Waals surface area contributed by atoms with Crippen LogP contribution in [0.2, 0.25) is 0 Å². The summed E-state index contributed by atoms with van der Waals surface area (Å²) in [5.41, 5.74) is 4.76. The highest BCUT2D eigenvalue weighted by molar-refractivity contribution is 6.07. The molecule has 1 aromatic carbocycles. The Morgan fingerprint density at radius 1 is 1.30 bits per heavy atom. The molecule has 0 saturated carbocycles. The molecule has 1 aliphatic rings. The number of carbonyl (C=O) groups excluding carboxylic acids is 1. The summed E-state index contributed by atoms with van der Waals surface area (Å²) in [6.45, 7) is 6.90. The van der Waals surface area contributed by atoms with E-state index in [9.17, 15) is 10.1 Å². The van der Waals surface area contributed by atoms with Gasteiger partial charge < -0.3 is 4.74 Å². The number of nitriles is 1. The number of fused-ring (bicyclic) bond motifs is 1. The predicted molar refractivity (Wildman–Crippen MR) is 88.7 cm³/mol. The normalized spacial score (nSPS) is 15.6. The van der Waals surface area contributed by atoms with Crippen LogP contribution in [0.5, 0.6) is 0 Å². The van der Waals surface area contributed by atoms with Gasteiger partial charge in [-0.3, -0.25) is 9.78 Å². The molecule has 0 unspecified atom stereocenters. The Morgan fingerprint density at radius 2 is 2.00 bits per heavy atom. The van der Waals surface area contributed by atoms with Gasteiger partial charge in [0.05, 0.1) is 11.1 Å². The van der Waals surface area contributed by atoms with Gasteiger partial charge in [-0.1, -0.05) is 0 Å². The fraction of sp³-hybridized carbons (Fsp3) is 0.421. The highest BCUT2D eigenvalue weighted by atomic mass is 16.5. The average molecular weight is 308 g/mol. The van der Waals surface area contributed by atoms with E-state index in [4.69, 9.17) is 9.72 Å². The van der Waals surface area contributed by atoms with Crippen molar-refractivity contribution >= 4 is 16.7 Å². The van der Waals surface area contributed by atoms with Crippen LogP contribution < -0.4 is 0 Å². The summed E-state index contributed by atoms with van der Waals surface area (Å²) < 4.78 is 5.44. The Balaban J connectivity index is 2.33. The Bertz CT molecular complexity index is 828. The third-order valence-corrected chi connectivity index (χ3v) is 4.61. The molecule has 23 heavy (non-hydrogen) atoms. The topological polar surface area (TPSA) is 63.0 Å². The molecule has 1 aromatic heterocycles. The Kier molecular flexibility index (Phi) is 4.14. The summed E-state index contributed by atoms with van der Waals surface area (Å²) in [5.74, 6) is 0.276. The lowest BCUT2D eigenvalue weighted by atomic mass is 9.89. The van der Waals surface area contributed by atoms with Gasteiger partial charge in [0, 0.05) is 35.8 Å². The molecule has 0 N–H and O–H groups in total. The van der Waals surface area contributed by atoms with Gasteiger partial charge in [0.25, 0.3) is 0 Å². The molecular weight excluding hydrogens is 288 g/mol. The lowest BCUT2D eigenvalue weighted by molar-refractivity contribution is 0.0844. The van der Waals surface area contributed by atoms with Gasteiger partial charge in [-0.2, -0.15) is 5.26 Å². The van der Waals surface area contributed by atoms with Gasteiger partial charge in [0.15, 0.2) is 5.78 Å². The molecule has 2 aromatic rings. The maximum Gasteiger partial charge on any atom is 0.162 e. The van der Waals surface area contributed by atoms with E-state index in [0.717, 1.165) is 48.3 Å².